The number of rotatable bonds is 10. The third-order valence-electron chi connectivity index (χ3n) is 7.75. The number of allylic oxidation sites excluding steroid dienone is 1. The molecule has 1 amide bonds. The number of unbranched alkanes of at least 4 members (excludes halogenated alkanes) is 5. The number of aliphatic carboxylic acids is 1. The molecular weight excluding hydrogens is 494 g/mol. The van der Waals surface area contributed by atoms with Gasteiger partial charge in [-0.15, -0.1) is 0 Å². The first-order chi connectivity index (χ1) is 18.9. The zero-order chi connectivity index (χ0) is 27.5. The highest BCUT2D eigenvalue weighted by molar-refractivity contribution is 6.58. The number of amides is 1. The molecule has 2 aliphatic heterocycles. The normalized spacial score (nSPS) is 18.8. The lowest BCUT2D eigenvalue weighted by Gasteiger charge is -2.33. The van der Waals surface area contributed by atoms with E-state index < -0.39 is 40.6 Å². The highest BCUT2D eigenvalue weighted by Gasteiger charge is 2.51. The zero-order valence-corrected chi connectivity index (χ0v) is 22.2. The lowest BCUT2D eigenvalue weighted by molar-refractivity contribution is -0.133. The van der Waals surface area contributed by atoms with Gasteiger partial charge in [0.05, 0.1) is 16.8 Å². The molecule has 0 spiro atoms. The van der Waals surface area contributed by atoms with E-state index in [9.17, 15) is 24.3 Å². The fraction of sp³-hybridized carbons (Fsp3) is 0.387. The van der Waals surface area contributed by atoms with Gasteiger partial charge >= 0.3 is 5.97 Å². The van der Waals surface area contributed by atoms with Gasteiger partial charge in [-0.25, -0.2) is 4.79 Å². The molecule has 2 aromatic rings. The summed E-state index contributed by atoms with van der Waals surface area (Å²) in [5, 5.41) is 14.6. The van der Waals surface area contributed by atoms with Crippen molar-refractivity contribution in [1.82, 2.24) is 0 Å². The maximum absolute atomic E-state index is 13.3. The highest BCUT2D eigenvalue weighted by Crippen LogP contribution is 2.40. The lowest BCUT2D eigenvalue weighted by atomic mass is 9.70. The van der Waals surface area contributed by atoms with Gasteiger partial charge in [-0.2, -0.15) is 10.1 Å². The summed E-state index contributed by atoms with van der Waals surface area (Å²) < 4.78 is 0. The summed E-state index contributed by atoms with van der Waals surface area (Å²) in [4.78, 5) is 54.0. The summed E-state index contributed by atoms with van der Waals surface area (Å²) >= 11 is 0. The smallest absolute Gasteiger partial charge is 0.357 e. The van der Waals surface area contributed by atoms with E-state index >= 15 is 0 Å². The van der Waals surface area contributed by atoms with Gasteiger partial charge in [0.2, 0.25) is 0 Å². The monoisotopic (exact) mass is 527 g/mol. The van der Waals surface area contributed by atoms with E-state index in [1.807, 2.05) is 18.2 Å². The molecule has 1 saturated carbocycles. The van der Waals surface area contributed by atoms with Crippen LogP contribution in [0.3, 0.4) is 0 Å². The van der Waals surface area contributed by atoms with Crippen LogP contribution >= 0.6 is 0 Å². The Morgan fingerprint density at radius 2 is 1.67 bits per heavy atom. The second kappa shape index (κ2) is 11.4. The number of carboxylic acid groups (broad SMARTS) is 1. The standard InChI is InChI=1S/C31H33N3O5/c1-2-3-4-5-6-10-17-33-18-11-12-20-19-21(15-16-23(20)33)24-28(35)26(29(24)36)25-27(31(38)39)32-34(30(25)37)22-13-8-7-9-14-22/h7-9,13-16,19,24H,2-6,10-12,17-18H2,1H3,(H,38,39). The van der Waals surface area contributed by atoms with E-state index in [2.05, 4.69) is 16.9 Å². The molecule has 2 aromatic carbocycles. The minimum absolute atomic E-state index is 0.354. The van der Waals surface area contributed by atoms with Gasteiger partial charge in [-0.3, -0.25) is 14.4 Å². The molecule has 3 aliphatic rings. The van der Waals surface area contributed by atoms with Crippen molar-refractivity contribution < 1.29 is 24.3 Å². The van der Waals surface area contributed by atoms with Crippen molar-refractivity contribution in [1.29, 1.82) is 0 Å². The Kier molecular flexibility index (Phi) is 7.72. The average Bonchev–Trinajstić information content (AvgIpc) is 3.27. The maximum Gasteiger partial charge on any atom is 0.357 e. The quantitative estimate of drug-likeness (QED) is 0.205. The molecule has 5 rings (SSSR count). The first kappa shape index (κ1) is 26.5. The second-order valence-electron chi connectivity index (χ2n) is 10.4. The van der Waals surface area contributed by atoms with Crippen molar-refractivity contribution in [2.75, 3.05) is 23.0 Å². The zero-order valence-electron chi connectivity index (χ0n) is 22.2. The van der Waals surface area contributed by atoms with Gasteiger partial charge in [0.25, 0.3) is 5.91 Å². The van der Waals surface area contributed by atoms with Crippen LogP contribution in [-0.2, 0) is 25.6 Å². The molecule has 1 fully saturated rings. The number of ketones is 2. The van der Waals surface area contributed by atoms with Gasteiger partial charge in [-0.1, -0.05) is 69.4 Å². The van der Waals surface area contributed by atoms with E-state index in [0.717, 1.165) is 48.6 Å². The molecule has 0 saturated heterocycles. The third-order valence-corrected chi connectivity index (χ3v) is 7.75. The number of hydrogen-bond donors (Lipinski definition) is 1. The van der Waals surface area contributed by atoms with Crippen molar-refractivity contribution in [3.63, 3.8) is 0 Å². The van der Waals surface area contributed by atoms with Gasteiger partial charge in [0.15, 0.2) is 17.3 Å². The van der Waals surface area contributed by atoms with Crippen molar-refractivity contribution in [2.45, 2.75) is 64.2 Å². The summed E-state index contributed by atoms with van der Waals surface area (Å²) in [7, 11) is 0. The molecule has 0 atom stereocenters. The molecule has 0 unspecified atom stereocenters. The topological polar surface area (TPSA) is 107 Å². The van der Waals surface area contributed by atoms with Crippen LogP contribution in [0, 0.1) is 0 Å². The third kappa shape index (κ3) is 5.03. The summed E-state index contributed by atoms with van der Waals surface area (Å²) in [6, 6.07) is 14.1. The molecule has 1 N–H and O–H groups in total. The van der Waals surface area contributed by atoms with Crippen LogP contribution in [0.25, 0.3) is 0 Å². The number of Topliss-reactive ketones (excluding diaryl/α,β-unsaturated/α-hetero) is 2. The van der Waals surface area contributed by atoms with Crippen LogP contribution in [0.4, 0.5) is 11.4 Å². The number of hydrazone groups is 1. The first-order valence-corrected chi connectivity index (χ1v) is 13.8. The minimum Gasteiger partial charge on any atom is -0.476 e. The number of carboxylic acids is 1. The molecule has 39 heavy (non-hydrogen) atoms. The van der Waals surface area contributed by atoms with Gasteiger partial charge < -0.3 is 10.0 Å². The van der Waals surface area contributed by atoms with Gasteiger partial charge in [-0.05, 0) is 48.6 Å². The van der Waals surface area contributed by atoms with Crippen molar-refractivity contribution >= 4 is 40.5 Å². The van der Waals surface area contributed by atoms with Crippen LogP contribution in [0.15, 0.2) is 64.8 Å². The minimum atomic E-state index is -1.47. The number of aryl methyl sites for hydroxylation is 1. The summed E-state index contributed by atoms with van der Waals surface area (Å²) in [5.74, 6) is -4.35. The number of nitrogens with zero attached hydrogens (tertiary/aromatic N) is 3. The molecule has 2 heterocycles. The molecule has 0 bridgehead atoms. The van der Waals surface area contributed by atoms with Crippen LogP contribution in [-0.4, -0.2) is 47.4 Å². The summed E-state index contributed by atoms with van der Waals surface area (Å²) in [6.45, 7) is 4.21. The molecular formula is C31H33N3O5. The molecule has 8 nitrogen and oxygen atoms in total. The van der Waals surface area contributed by atoms with E-state index in [1.165, 1.54) is 32.1 Å². The van der Waals surface area contributed by atoms with Crippen LogP contribution in [0.2, 0.25) is 0 Å². The van der Waals surface area contributed by atoms with E-state index in [-0.39, 0.29) is 5.57 Å². The number of benzene rings is 2. The molecule has 1 aliphatic carbocycles. The highest BCUT2D eigenvalue weighted by atomic mass is 16.4. The Bertz CT molecular complexity index is 1360. The molecule has 0 aromatic heterocycles. The van der Waals surface area contributed by atoms with Crippen LogP contribution < -0.4 is 9.91 Å². The van der Waals surface area contributed by atoms with E-state index in [4.69, 9.17) is 0 Å². The average molecular weight is 528 g/mol. The number of carbonyl (C=O) groups excluding carboxylic acids is 3. The predicted molar refractivity (Wildman–Crippen MR) is 149 cm³/mol. The number of anilines is 2. The number of para-hydroxylation sites is 1. The van der Waals surface area contributed by atoms with Crippen LogP contribution in [0.1, 0.15) is 68.9 Å². The fourth-order valence-electron chi connectivity index (χ4n) is 5.71. The largest absolute Gasteiger partial charge is 0.476 e. The summed E-state index contributed by atoms with van der Waals surface area (Å²) in [5.41, 5.74) is 1.83. The predicted octanol–water partition coefficient (Wildman–Crippen LogP) is 4.82. The van der Waals surface area contributed by atoms with Gasteiger partial charge in [0, 0.05) is 18.8 Å². The Balaban J connectivity index is 1.34. The molecule has 8 heteroatoms. The van der Waals surface area contributed by atoms with Gasteiger partial charge in [0.1, 0.15) is 5.92 Å². The lowest BCUT2D eigenvalue weighted by Crippen LogP contribution is -2.42. The first-order valence-electron chi connectivity index (χ1n) is 13.8. The fourth-order valence-corrected chi connectivity index (χ4v) is 5.71. The van der Waals surface area contributed by atoms with Crippen LogP contribution in [0.5, 0.6) is 0 Å². The van der Waals surface area contributed by atoms with E-state index in [1.54, 1.807) is 30.3 Å². The maximum atomic E-state index is 13.3. The Hall–Kier alpha value is -4.07. The Morgan fingerprint density at radius 1 is 0.949 bits per heavy atom. The summed E-state index contributed by atoms with van der Waals surface area (Å²) in [6.07, 6.45) is 9.32. The number of fused-ring (bicyclic) bond motifs is 1. The second-order valence-corrected chi connectivity index (χ2v) is 10.4. The number of hydrogen-bond acceptors (Lipinski definition) is 6. The SMILES string of the molecule is CCCCCCCCN1CCCc2cc(C3C(=O)C(=C4C(=O)N(c5ccccc5)N=C4C(=O)O)C3=O)ccc21. The van der Waals surface area contributed by atoms with Crippen molar-refractivity contribution in [3.05, 3.63) is 70.8 Å². The number of carbonyl (C=O) groups is 4. The van der Waals surface area contributed by atoms with Crippen molar-refractivity contribution in [2.24, 2.45) is 5.10 Å². The Labute approximate surface area is 228 Å². The molecule has 202 valence electrons. The van der Waals surface area contributed by atoms with E-state index in [0.29, 0.717) is 11.3 Å². The Morgan fingerprint density at radius 3 is 2.38 bits per heavy atom. The molecule has 0 radical (unpaired) electrons. The van der Waals surface area contributed by atoms with Crippen molar-refractivity contribution in [3.8, 4) is 0 Å².